The third kappa shape index (κ3) is 2.25. The van der Waals surface area contributed by atoms with E-state index in [1.165, 1.54) is 0 Å². The van der Waals surface area contributed by atoms with Gasteiger partial charge in [-0.15, -0.1) is 0 Å². The Labute approximate surface area is 118 Å². The first-order valence-electron chi connectivity index (χ1n) is 6.81. The Bertz CT molecular complexity index is 625. The number of ketones is 1. The van der Waals surface area contributed by atoms with Gasteiger partial charge in [0.15, 0.2) is 5.78 Å². The van der Waals surface area contributed by atoms with Crippen LogP contribution in [0.1, 0.15) is 30.4 Å². The molecule has 0 unspecified atom stereocenters. The average Bonchev–Trinajstić information content (AvgIpc) is 2.47. The topological polar surface area (TPSA) is 26.3 Å². The highest BCUT2D eigenvalue weighted by Crippen LogP contribution is 2.45. The molecule has 0 spiro atoms. The maximum Gasteiger partial charge on any atom is 0.156 e. The molecule has 0 amide bonds. The third-order valence-electron chi connectivity index (χ3n) is 3.57. The lowest BCUT2D eigenvalue weighted by Gasteiger charge is -2.27. The van der Waals surface area contributed by atoms with E-state index >= 15 is 0 Å². The molecule has 1 aliphatic rings. The molecule has 0 aliphatic carbocycles. The second-order valence-corrected chi connectivity index (χ2v) is 4.90. The van der Waals surface area contributed by atoms with E-state index in [0.717, 1.165) is 22.6 Å². The molecule has 0 bridgehead atoms. The molecule has 0 N–H and O–H groups in total. The van der Waals surface area contributed by atoms with Gasteiger partial charge in [-0.2, -0.15) is 0 Å². The molecule has 20 heavy (non-hydrogen) atoms. The second kappa shape index (κ2) is 5.33. The fourth-order valence-electron chi connectivity index (χ4n) is 2.68. The van der Waals surface area contributed by atoms with Crippen LogP contribution in [0.3, 0.4) is 0 Å². The van der Waals surface area contributed by atoms with Gasteiger partial charge in [0.05, 0.1) is 0 Å². The van der Waals surface area contributed by atoms with Crippen LogP contribution in [0.25, 0.3) is 0 Å². The lowest BCUT2D eigenvalue weighted by molar-refractivity contribution is -0.114. The van der Waals surface area contributed by atoms with Crippen molar-refractivity contribution in [3.8, 4) is 11.5 Å². The van der Waals surface area contributed by atoms with Crippen molar-refractivity contribution in [1.82, 2.24) is 0 Å². The van der Waals surface area contributed by atoms with E-state index < -0.39 is 0 Å². The van der Waals surface area contributed by atoms with Crippen molar-refractivity contribution in [2.24, 2.45) is 0 Å². The Hall–Kier alpha value is -2.35. The van der Waals surface area contributed by atoms with Crippen LogP contribution in [0.4, 0.5) is 0 Å². The number of carbonyl (C=O) groups excluding carboxylic acids is 1. The van der Waals surface area contributed by atoms with Crippen molar-refractivity contribution in [3.63, 3.8) is 0 Å². The predicted molar refractivity (Wildman–Crippen MR) is 79.2 cm³/mol. The average molecular weight is 264 g/mol. The molecule has 2 aromatic carbocycles. The molecule has 2 heteroatoms. The fraction of sp³-hybridized carbons (Fsp3) is 0.167. The van der Waals surface area contributed by atoms with Gasteiger partial charge in [0, 0.05) is 23.5 Å². The number of para-hydroxylation sites is 2. The molecule has 0 saturated carbocycles. The van der Waals surface area contributed by atoms with Gasteiger partial charge in [0.2, 0.25) is 0 Å². The van der Waals surface area contributed by atoms with Crippen LogP contribution in [0.2, 0.25) is 0 Å². The Morgan fingerprint density at radius 3 is 2.15 bits per heavy atom. The van der Waals surface area contributed by atoms with Gasteiger partial charge in [-0.3, -0.25) is 4.79 Å². The monoisotopic (exact) mass is 264 g/mol. The Kier molecular flexibility index (Phi) is 3.38. The summed E-state index contributed by atoms with van der Waals surface area (Å²) in [6, 6.07) is 15.9. The van der Waals surface area contributed by atoms with E-state index in [2.05, 4.69) is 0 Å². The minimum Gasteiger partial charge on any atom is -0.457 e. The van der Waals surface area contributed by atoms with Gasteiger partial charge in [-0.05, 0) is 25.1 Å². The normalized spacial score (nSPS) is 13.7. The summed E-state index contributed by atoms with van der Waals surface area (Å²) in [6.45, 7) is 1.86. The predicted octanol–water partition coefficient (Wildman–Crippen LogP) is 4.46. The van der Waals surface area contributed by atoms with Crippen molar-refractivity contribution in [2.45, 2.75) is 19.3 Å². The van der Waals surface area contributed by atoms with Crippen molar-refractivity contribution in [3.05, 3.63) is 71.8 Å². The first-order valence-corrected chi connectivity index (χ1v) is 6.81. The summed E-state index contributed by atoms with van der Waals surface area (Å²) < 4.78 is 5.92. The summed E-state index contributed by atoms with van der Waals surface area (Å²) in [5.74, 6) is 1.91. The minimum atomic E-state index is 0.0693. The zero-order valence-corrected chi connectivity index (χ0v) is 11.4. The van der Waals surface area contributed by atoms with E-state index in [4.69, 9.17) is 4.74 Å². The number of fused-ring (bicyclic) bond motifs is 2. The van der Waals surface area contributed by atoms with Gasteiger partial charge < -0.3 is 4.74 Å². The highest BCUT2D eigenvalue weighted by atomic mass is 16.5. The maximum absolute atomic E-state index is 12.0. The quantitative estimate of drug-likeness (QED) is 0.765. The first kappa shape index (κ1) is 12.7. The molecule has 0 radical (unpaired) electrons. The van der Waals surface area contributed by atoms with Gasteiger partial charge in [-0.25, -0.2) is 0 Å². The molecule has 2 aromatic rings. The fourth-order valence-corrected chi connectivity index (χ4v) is 2.68. The molecule has 0 atom stereocenters. The van der Waals surface area contributed by atoms with E-state index in [-0.39, 0.29) is 11.7 Å². The van der Waals surface area contributed by atoms with Crippen molar-refractivity contribution in [1.29, 1.82) is 0 Å². The van der Waals surface area contributed by atoms with Gasteiger partial charge in [0.1, 0.15) is 11.5 Å². The van der Waals surface area contributed by atoms with Crippen molar-refractivity contribution >= 4 is 5.78 Å². The Morgan fingerprint density at radius 1 is 1.05 bits per heavy atom. The number of hydrogen-bond donors (Lipinski definition) is 0. The summed E-state index contributed by atoms with van der Waals surface area (Å²) >= 11 is 0. The van der Waals surface area contributed by atoms with E-state index in [9.17, 15) is 4.79 Å². The maximum atomic E-state index is 12.0. The SMILES string of the molecule is C/C=C/C(=O)CC1c2ccccc2Oc2ccccc21. The van der Waals surface area contributed by atoms with Crippen LogP contribution in [0.5, 0.6) is 11.5 Å². The van der Waals surface area contributed by atoms with Crippen LogP contribution >= 0.6 is 0 Å². The minimum absolute atomic E-state index is 0.0693. The van der Waals surface area contributed by atoms with Crippen LogP contribution in [-0.2, 0) is 4.79 Å². The molecule has 100 valence electrons. The summed E-state index contributed by atoms with van der Waals surface area (Å²) in [7, 11) is 0. The molecule has 0 aromatic heterocycles. The molecule has 3 rings (SSSR count). The Balaban J connectivity index is 2.05. The molecule has 1 heterocycles. The molecular formula is C18H16O2. The van der Waals surface area contributed by atoms with Gasteiger partial charge >= 0.3 is 0 Å². The highest BCUT2D eigenvalue weighted by molar-refractivity contribution is 5.90. The number of ether oxygens (including phenoxy) is 1. The lowest BCUT2D eigenvalue weighted by atomic mass is 9.84. The summed E-state index contributed by atoms with van der Waals surface area (Å²) in [6.07, 6.45) is 3.90. The van der Waals surface area contributed by atoms with E-state index in [0.29, 0.717) is 6.42 Å². The molecule has 0 saturated heterocycles. The zero-order valence-electron chi connectivity index (χ0n) is 11.4. The van der Waals surface area contributed by atoms with Crippen LogP contribution in [-0.4, -0.2) is 5.78 Å². The summed E-state index contributed by atoms with van der Waals surface area (Å²) in [4.78, 5) is 12.0. The first-order chi connectivity index (χ1) is 9.79. The molecule has 2 nitrogen and oxygen atoms in total. The van der Waals surface area contributed by atoms with Crippen LogP contribution in [0.15, 0.2) is 60.7 Å². The lowest BCUT2D eigenvalue weighted by Crippen LogP contribution is -2.13. The van der Waals surface area contributed by atoms with Gasteiger partial charge in [0.25, 0.3) is 0 Å². The number of allylic oxidation sites excluding steroid dienone is 2. The largest absolute Gasteiger partial charge is 0.457 e. The van der Waals surface area contributed by atoms with Gasteiger partial charge in [-0.1, -0.05) is 42.5 Å². The number of carbonyl (C=O) groups is 1. The zero-order chi connectivity index (χ0) is 13.9. The van der Waals surface area contributed by atoms with Crippen LogP contribution < -0.4 is 4.74 Å². The second-order valence-electron chi connectivity index (χ2n) is 4.90. The van der Waals surface area contributed by atoms with Crippen molar-refractivity contribution in [2.75, 3.05) is 0 Å². The number of hydrogen-bond acceptors (Lipinski definition) is 2. The van der Waals surface area contributed by atoms with E-state index in [1.807, 2.05) is 55.5 Å². The molecule has 1 aliphatic heterocycles. The van der Waals surface area contributed by atoms with Crippen LogP contribution in [0, 0.1) is 0 Å². The Morgan fingerprint density at radius 2 is 1.60 bits per heavy atom. The highest BCUT2D eigenvalue weighted by Gasteiger charge is 2.27. The standard InChI is InChI=1S/C18H16O2/c1-2-7-13(19)12-16-14-8-3-5-10-17(14)20-18-11-6-4-9-15(16)18/h2-11,16H,12H2,1H3/b7-2+. The smallest absolute Gasteiger partial charge is 0.156 e. The van der Waals surface area contributed by atoms with E-state index in [1.54, 1.807) is 12.2 Å². The summed E-state index contributed by atoms with van der Waals surface area (Å²) in [5.41, 5.74) is 2.17. The summed E-state index contributed by atoms with van der Waals surface area (Å²) in [5, 5.41) is 0. The number of benzene rings is 2. The number of rotatable bonds is 3. The molecular weight excluding hydrogens is 248 g/mol. The van der Waals surface area contributed by atoms with Crippen molar-refractivity contribution < 1.29 is 9.53 Å². The third-order valence-corrected chi connectivity index (χ3v) is 3.57. The molecule has 0 fully saturated rings.